The Bertz CT molecular complexity index is 830. The lowest BCUT2D eigenvalue weighted by molar-refractivity contribution is -0.136. The maximum Gasteiger partial charge on any atom is 0.262 e. The minimum absolute atomic E-state index is 0.0670. The molecule has 0 aliphatic carbocycles. The van der Waals surface area contributed by atoms with Crippen molar-refractivity contribution in [3.05, 3.63) is 39.8 Å². The molecule has 0 radical (unpaired) electrons. The van der Waals surface area contributed by atoms with Gasteiger partial charge in [0.25, 0.3) is 11.8 Å². The van der Waals surface area contributed by atoms with Gasteiger partial charge in [0.1, 0.15) is 11.8 Å². The van der Waals surface area contributed by atoms with Crippen LogP contribution in [0.1, 0.15) is 33.6 Å². The van der Waals surface area contributed by atoms with E-state index in [4.69, 9.17) is 10.3 Å². The summed E-state index contributed by atoms with van der Waals surface area (Å²) in [7, 11) is 0. The van der Waals surface area contributed by atoms with Gasteiger partial charge in [-0.2, -0.15) is 0 Å². The van der Waals surface area contributed by atoms with E-state index in [-0.39, 0.29) is 37.1 Å². The van der Waals surface area contributed by atoms with Crippen molar-refractivity contribution in [3.63, 3.8) is 0 Å². The number of hydrogen-bond acceptors (Lipinski definition) is 6. The summed E-state index contributed by atoms with van der Waals surface area (Å²) in [5.41, 5.74) is 8.52. The van der Waals surface area contributed by atoms with E-state index in [0.29, 0.717) is 5.75 Å². The number of benzene rings is 1. The molecule has 1 N–H and O–H groups in total. The van der Waals surface area contributed by atoms with Crippen molar-refractivity contribution in [3.8, 4) is 5.75 Å². The Hall–Kier alpha value is -3.39. The number of fused-ring (bicyclic) bond motifs is 1. The van der Waals surface area contributed by atoms with E-state index < -0.39 is 29.7 Å². The number of rotatable bonds is 5. The normalized spacial score (nSPS) is 19.4. The summed E-state index contributed by atoms with van der Waals surface area (Å²) in [6, 6.07) is 3.38. The second kappa shape index (κ2) is 6.62. The number of nitrogens with zero attached hydrogens (tertiary/aromatic N) is 4. The second-order valence-corrected chi connectivity index (χ2v) is 5.46. The van der Waals surface area contributed by atoms with Crippen LogP contribution >= 0.6 is 0 Å². The number of azide groups is 1. The van der Waals surface area contributed by atoms with Crippen molar-refractivity contribution in [2.24, 2.45) is 5.11 Å². The van der Waals surface area contributed by atoms with Gasteiger partial charge in [-0.25, -0.2) is 0 Å². The van der Waals surface area contributed by atoms with Crippen LogP contribution in [0.5, 0.6) is 5.75 Å². The van der Waals surface area contributed by atoms with E-state index in [9.17, 15) is 19.2 Å². The smallest absolute Gasteiger partial charge is 0.262 e. The summed E-state index contributed by atoms with van der Waals surface area (Å²) in [5.74, 6) is -1.91. The van der Waals surface area contributed by atoms with E-state index >= 15 is 0 Å². The molecule has 1 unspecified atom stereocenters. The van der Waals surface area contributed by atoms with Gasteiger partial charge in [-0.15, -0.1) is 0 Å². The number of piperidine rings is 1. The number of carbonyl (C=O) groups excluding carboxylic acids is 4. The van der Waals surface area contributed by atoms with Crippen LogP contribution in [0.4, 0.5) is 0 Å². The number of imide groups is 2. The van der Waals surface area contributed by atoms with Gasteiger partial charge < -0.3 is 4.74 Å². The molecular formula is C15H13N5O5. The van der Waals surface area contributed by atoms with Gasteiger partial charge in [0, 0.05) is 11.3 Å². The quantitative estimate of drug-likeness (QED) is 0.276. The van der Waals surface area contributed by atoms with E-state index in [1.54, 1.807) is 0 Å². The molecule has 25 heavy (non-hydrogen) atoms. The van der Waals surface area contributed by atoms with E-state index in [0.717, 1.165) is 4.90 Å². The zero-order valence-corrected chi connectivity index (χ0v) is 13.0. The Balaban J connectivity index is 1.80. The standard InChI is InChI=1S/C15H13N5O5/c16-19-17-5-6-25-8-1-2-9-10(7-8)15(24)20(14(9)23)11-3-4-12(21)18-13(11)22/h1-2,7,11H,3-6H2,(H,18,21,22). The largest absolute Gasteiger partial charge is 0.493 e. The molecule has 0 aromatic heterocycles. The van der Waals surface area contributed by atoms with Crippen molar-refractivity contribution in [1.29, 1.82) is 0 Å². The molecule has 3 rings (SSSR count). The highest BCUT2D eigenvalue weighted by Crippen LogP contribution is 2.30. The molecule has 0 bridgehead atoms. The first-order valence-electron chi connectivity index (χ1n) is 7.52. The molecule has 1 aromatic carbocycles. The summed E-state index contributed by atoms with van der Waals surface area (Å²) in [6.07, 6.45) is 0.170. The SMILES string of the molecule is [N-]=[N+]=NCCOc1ccc2c(c1)C(=O)N(C1CCC(=O)NC1=O)C2=O. The lowest BCUT2D eigenvalue weighted by atomic mass is 10.0. The summed E-state index contributed by atoms with van der Waals surface area (Å²) in [4.78, 5) is 51.8. The van der Waals surface area contributed by atoms with Crippen molar-refractivity contribution in [2.75, 3.05) is 13.2 Å². The summed E-state index contributed by atoms with van der Waals surface area (Å²) in [5, 5.41) is 5.47. The van der Waals surface area contributed by atoms with Crippen LogP contribution in [0.2, 0.25) is 0 Å². The highest BCUT2D eigenvalue weighted by molar-refractivity contribution is 6.23. The van der Waals surface area contributed by atoms with E-state index in [2.05, 4.69) is 15.3 Å². The van der Waals surface area contributed by atoms with Crippen LogP contribution in [0.25, 0.3) is 10.4 Å². The van der Waals surface area contributed by atoms with Crippen LogP contribution in [-0.4, -0.2) is 47.7 Å². The molecule has 1 aromatic rings. The Morgan fingerprint density at radius 2 is 2.00 bits per heavy atom. The molecule has 10 nitrogen and oxygen atoms in total. The monoisotopic (exact) mass is 343 g/mol. The van der Waals surface area contributed by atoms with Gasteiger partial charge in [0.05, 0.1) is 24.3 Å². The minimum atomic E-state index is -1.00. The third kappa shape index (κ3) is 3.02. The van der Waals surface area contributed by atoms with Crippen molar-refractivity contribution in [2.45, 2.75) is 18.9 Å². The van der Waals surface area contributed by atoms with Crippen LogP contribution < -0.4 is 10.1 Å². The molecular weight excluding hydrogens is 330 g/mol. The summed E-state index contributed by atoms with van der Waals surface area (Å²) in [6.45, 7) is 0.255. The Morgan fingerprint density at radius 3 is 2.72 bits per heavy atom. The fourth-order valence-corrected chi connectivity index (χ4v) is 2.79. The molecule has 10 heteroatoms. The minimum Gasteiger partial charge on any atom is -0.493 e. The Morgan fingerprint density at radius 1 is 1.24 bits per heavy atom. The number of carbonyl (C=O) groups is 4. The second-order valence-electron chi connectivity index (χ2n) is 5.46. The molecule has 1 atom stereocenters. The third-order valence-electron chi connectivity index (χ3n) is 3.93. The van der Waals surface area contributed by atoms with Crippen LogP contribution in [-0.2, 0) is 9.59 Å². The molecule has 2 heterocycles. The molecule has 2 aliphatic heterocycles. The summed E-state index contributed by atoms with van der Waals surface area (Å²) >= 11 is 0. The molecule has 1 fully saturated rings. The maximum atomic E-state index is 12.6. The van der Waals surface area contributed by atoms with Gasteiger partial charge in [-0.05, 0) is 30.2 Å². The molecule has 2 aliphatic rings. The van der Waals surface area contributed by atoms with E-state index in [1.165, 1.54) is 18.2 Å². The molecule has 0 saturated carbocycles. The first kappa shape index (κ1) is 16.5. The maximum absolute atomic E-state index is 12.6. The van der Waals surface area contributed by atoms with Gasteiger partial charge in [0.2, 0.25) is 11.8 Å². The summed E-state index contributed by atoms with van der Waals surface area (Å²) < 4.78 is 5.36. The van der Waals surface area contributed by atoms with Crippen molar-refractivity contribution in [1.82, 2.24) is 10.2 Å². The van der Waals surface area contributed by atoms with Gasteiger partial charge >= 0.3 is 0 Å². The predicted octanol–water partition coefficient (Wildman–Crippen LogP) is 0.777. The van der Waals surface area contributed by atoms with Crippen LogP contribution in [0.15, 0.2) is 23.3 Å². The fraction of sp³-hybridized carbons (Fsp3) is 0.333. The van der Waals surface area contributed by atoms with Gasteiger partial charge in [0.15, 0.2) is 0 Å². The number of nitrogens with one attached hydrogen (secondary N) is 1. The first-order valence-corrected chi connectivity index (χ1v) is 7.52. The number of ether oxygens (including phenoxy) is 1. The Kier molecular flexibility index (Phi) is 4.36. The topological polar surface area (TPSA) is 142 Å². The average Bonchev–Trinajstić information content (AvgIpc) is 2.83. The average molecular weight is 343 g/mol. The Labute approximate surface area is 141 Å². The third-order valence-corrected chi connectivity index (χ3v) is 3.93. The van der Waals surface area contributed by atoms with Crippen LogP contribution in [0, 0.1) is 0 Å². The van der Waals surface area contributed by atoms with Gasteiger partial charge in [-0.3, -0.25) is 29.4 Å². The predicted molar refractivity (Wildman–Crippen MR) is 82.6 cm³/mol. The lowest BCUT2D eigenvalue weighted by Crippen LogP contribution is -2.54. The van der Waals surface area contributed by atoms with E-state index in [1.807, 2.05) is 0 Å². The lowest BCUT2D eigenvalue weighted by Gasteiger charge is -2.27. The molecule has 0 spiro atoms. The van der Waals surface area contributed by atoms with Gasteiger partial charge in [-0.1, -0.05) is 5.11 Å². The molecule has 4 amide bonds. The highest BCUT2D eigenvalue weighted by Gasteiger charge is 2.44. The zero-order valence-electron chi connectivity index (χ0n) is 13.0. The fourth-order valence-electron chi connectivity index (χ4n) is 2.79. The molecule has 1 saturated heterocycles. The van der Waals surface area contributed by atoms with Crippen molar-refractivity contribution < 1.29 is 23.9 Å². The van der Waals surface area contributed by atoms with Crippen LogP contribution in [0.3, 0.4) is 0 Å². The first-order chi connectivity index (χ1) is 12.0. The number of hydrogen-bond donors (Lipinski definition) is 1. The number of amides is 4. The van der Waals surface area contributed by atoms with Crippen molar-refractivity contribution >= 4 is 23.6 Å². The molecule has 128 valence electrons. The highest BCUT2D eigenvalue weighted by atomic mass is 16.5. The zero-order chi connectivity index (χ0) is 18.0.